The maximum atomic E-state index is 10.7. The Morgan fingerprint density at radius 3 is 2.40 bits per heavy atom. The third-order valence-electron chi connectivity index (χ3n) is 1.00. The van der Waals surface area contributed by atoms with Crippen molar-refractivity contribution in [1.29, 1.82) is 0 Å². The van der Waals surface area contributed by atoms with Crippen molar-refractivity contribution in [2.24, 2.45) is 0 Å². The molecule has 0 saturated carbocycles. The molecule has 0 bridgehead atoms. The van der Waals surface area contributed by atoms with E-state index < -0.39 is 14.2 Å². The summed E-state index contributed by atoms with van der Waals surface area (Å²) in [7, 11) is 0. The molecule has 54 valence electrons. The van der Waals surface area contributed by atoms with Crippen molar-refractivity contribution in [2.75, 3.05) is 0 Å². The van der Waals surface area contributed by atoms with Gasteiger partial charge >= 0.3 is 62.0 Å². The summed E-state index contributed by atoms with van der Waals surface area (Å²) >= 11 is -2.61. The second-order valence-corrected chi connectivity index (χ2v) is 3.91. The summed E-state index contributed by atoms with van der Waals surface area (Å²) in [6.45, 7) is 0. The molecule has 0 heterocycles. The quantitative estimate of drug-likeness (QED) is 0.429. The van der Waals surface area contributed by atoms with E-state index in [0.717, 1.165) is 0 Å². The first-order chi connectivity index (χ1) is 4.84. The summed E-state index contributed by atoms with van der Waals surface area (Å²) in [4.78, 5) is 0. The molecule has 0 aliphatic heterocycles. The van der Waals surface area contributed by atoms with Crippen LogP contribution < -0.4 is 4.46 Å². The normalized spacial score (nSPS) is 12.9. The van der Waals surface area contributed by atoms with Gasteiger partial charge in [0.2, 0.25) is 0 Å². The van der Waals surface area contributed by atoms with Gasteiger partial charge in [-0.25, -0.2) is 0 Å². The number of hydrogen-bond acceptors (Lipinski definition) is 3. The molecule has 0 radical (unpaired) electrons. The SMILES string of the molecule is O=[Se](OO)c1ccccc1. The molecule has 1 aromatic carbocycles. The average Bonchev–Trinajstić information content (AvgIpc) is 2.05. The molecule has 1 aromatic rings. The molecule has 0 aliphatic rings. The van der Waals surface area contributed by atoms with Crippen LogP contribution in [0.1, 0.15) is 0 Å². The van der Waals surface area contributed by atoms with Gasteiger partial charge in [-0.3, -0.25) is 0 Å². The van der Waals surface area contributed by atoms with Gasteiger partial charge in [0, 0.05) is 0 Å². The van der Waals surface area contributed by atoms with Crippen LogP contribution in [0.15, 0.2) is 30.3 Å². The monoisotopic (exact) mass is 206 g/mol. The molecule has 1 N–H and O–H groups in total. The molecule has 0 spiro atoms. The third kappa shape index (κ3) is 1.72. The fourth-order valence-electron chi connectivity index (χ4n) is 0.575. The van der Waals surface area contributed by atoms with Gasteiger partial charge in [-0.05, 0) is 0 Å². The van der Waals surface area contributed by atoms with Gasteiger partial charge in [0.15, 0.2) is 0 Å². The van der Waals surface area contributed by atoms with Crippen LogP contribution in [0.5, 0.6) is 0 Å². The molecule has 1 rings (SSSR count). The summed E-state index contributed by atoms with van der Waals surface area (Å²) in [5.74, 6) is 0. The maximum absolute atomic E-state index is 10.7. The minimum atomic E-state index is -2.61. The first-order valence-electron chi connectivity index (χ1n) is 2.63. The van der Waals surface area contributed by atoms with Crippen LogP contribution in [0.25, 0.3) is 0 Å². The summed E-state index contributed by atoms with van der Waals surface area (Å²) in [5, 5.41) is 8.03. The topological polar surface area (TPSA) is 46.5 Å². The molecule has 1 unspecified atom stereocenters. The molecule has 10 heavy (non-hydrogen) atoms. The number of benzene rings is 1. The van der Waals surface area contributed by atoms with Crippen LogP contribution in [0.4, 0.5) is 0 Å². The molecular formula is C6H6O3Se. The van der Waals surface area contributed by atoms with Gasteiger partial charge in [0.05, 0.1) is 0 Å². The Bertz CT molecular complexity index is 222. The van der Waals surface area contributed by atoms with E-state index in [9.17, 15) is 3.83 Å². The van der Waals surface area contributed by atoms with E-state index in [2.05, 4.69) is 3.97 Å². The van der Waals surface area contributed by atoms with Crippen molar-refractivity contribution in [3.8, 4) is 0 Å². The Balaban J connectivity index is 2.85. The fraction of sp³-hybridized carbons (Fsp3) is 0. The van der Waals surface area contributed by atoms with Crippen molar-refractivity contribution in [1.82, 2.24) is 0 Å². The summed E-state index contributed by atoms with van der Waals surface area (Å²) in [6, 6.07) is 8.58. The third-order valence-corrected chi connectivity index (χ3v) is 2.67. The summed E-state index contributed by atoms with van der Waals surface area (Å²) in [5.41, 5.74) is 0. The zero-order valence-corrected chi connectivity index (χ0v) is 6.77. The van der Waals surface area contributed by atoms with E-state index in [1.165, 1.54) is 0 Å². The van der Waals surface area contributed by atoms with Crippen LogP contribution in [0.2, 0.25) is 0 Å². The minimum absolute atomic E-state index is 0.546. The van der Waals surface area contributed by atoms with Crippen LogP contribution >= 0.6 is 0 Å². The standard InChI is InChI=1S/C6H6O3Se/c7-9-10(8)6-4-2-1-3-5-6/h1-5,7H. The Morgan fingerprint density at radius 1 is 1.30 bits per heavy atom. The first-order valence-corrected chi connectivity index (χ1v) is 4.89. The van der Waals surface area contributed by atoms with Crippen LogP contribution in [0, 0.1) is 0 Å². The molecule has 0 aromatic heterocycles. The Labute approximate surface area is 62.6 Å². The second kappa shape index (κ2) is 3.58. The van der Waals surface area contributed by atoms with Gasteiger partial charge in [0.25, 0.3) is 0 Å². The van der Waals surface area contributed by atoms with Crippen molar-refractivity contribution >= 4 is 18.6 Å². The van der Waals surface area contributed by atoms with E-state index in [-0.39, 0.29) is 0 Å². The molecule has 0 fully saturated rings. The average molecular weight is 205 g/mol. The molecule has 1 atom stereocenters. The van der Waals surface area contributed by atoms with Crippen LogP contribution in [-0.2, 0) is 7.80 Å². The molecule has 0 saturated heterocycles. The molecule has 3 nitrogen and oxygen atoms in total. The van der Waals surface area contributed by atoms with E-state index in [1.807, 2.05) is 0 Å². The van der Waals surface area contributed by atoms with E-state index in [4.69, 9.17) is 5.26 Å². The van der Waals surface area contributed by atoms with Crippen LogP contribution in [-0.4, -0.2) is 19.4 Å². The number of hydrogen-bond donors (Lipinski definition) is 1. The summed E-state index contributed by atoms with van der Waals surface area (Å²) < 4.78 is 15.0. The molecule has 0 aliphatic carbocycles. The molecule has 4 heteroatoms. The zero-order valence-electron chi connectivity index (χ0n) is 5.06. The van der Waals surface area contributed by atoms with Crippen molar-refractivity contribution in [2.45, 2.75) is 0 Å². The van der Waals surface area contributed by atoms with E-state index >= 15 is 0 Å². The van der Waals surface area contributed by atoms with Crippen molar-refractivity contribution in [3.63, 3.8) is 0 Å². The van der Waals surface area contributed by atoms with Gasteiger partial charge in [-0.1, -0.05) is 0 Å². The van der Waals surface area contributed by atoms with Crippen molar-refractivity contribution in [3.05, 3.63) is 30.3 Å². The second-order valence-electron chi connectivity index (χ2n) is 1.62. The van der Waals surface area contributed by atoms with E-state index in [1.54, 1.807) is 30.3 Å². The Morgan fingerprint density at radius 2 is 1.90 bits per heavy atom. The summed E-state index contributed by atoms with van der Waals surface area (Å²) in [6.07, 6.45) is 0. The van der Waals surface area contributed by atoms with Crippen molar-refractivity contribution < 1.29 is 13.1 Å². The van der Waals surface area contributed by atoms with Gasteiger partial charge in [-0.2, -0.15) is 0 Å². The zero-order chi connectivity index (χ0) is 7.40. The van der Waals surface area contributed by atoms with E-state index in [0.29, 0.717) is 4.46 Å². The molecule has 0 amide bonds. The Hall–Kier alpha value is -0.541. The number of rotatable bonds is 2. The molecular weight excluding hydrogens is 199 g/mol. The van der Waals surface area contributed by atoms with Gasteiger partial charge < -0.3 is 0 Å². The van der Waals surface area contributed by atoms with Gasteiger partial charge in [-0.15, -0.1) is 0 Å². The van der Waals surface area contributed by atoms with Crippen LogP contribution in [0.3, 0.4) is 0 Å². The Kier molecular flexibility index (Phi) is 2.71. The predicted octanol–water partition coefficient (Wildman–Crippen LogP) is 0.302. The first kappa shape index (κ1) is 7.57. The fourth-order valence-corrected chi connectivity index (χ4v) is 1.55. The predicted molar refractivity (Wildman–Crippen MR) is 36.2 cm³/mol. The van der Waals surface area contributed by atoms with Gasteiger partial charge in [0.1, 0.15) is 0 Å².